The first-order valence-corrected chi connectivity index (χ1v) is 14.5. The van der Waals surface area contributed by atoms with Crippen molar-refractivity contribution in [3.63, 3.8) is 0 Å². The smallest absolute Gasteiger partial charge is 0 e. The molecule has 8 heteroatoms. The summed E-state index contributed by atoms with van der Waals surface area (Å²) in [6.07, 6.45) is 17.4. The Balaban J connectivity index is -0.0000000606. The summed E-state index contributed by atoms with van der Waals surface area (Å²) in [4.78, 5) is 0. The van der Waals surface area contributed by atoms with Crippen LogP contribution in [0, 0.1) is 89.1 Å². The molecule has 0 aliphatic heterocycles. The van der Waals surface area contributed by atoms with Crippen LogP contribution in [0.1, 0.15) is 0 Å². The predicted octanol–water partition coefficient (Wildman–Crippen LogP) is 4.38. The molecule has 0 amide bonds. The molecule has 2 aliphatic carbocycles. The molecule has 0 saturated heterocycles. The first kappa shape index (κ1) is 42.5. The topological polar surface area (TPSA) is 79.6 Å². The molecule has 4 nitrogen and oxygen atoms in total. The fraction of sp³-hybridized carbons (Fsp3) is 0.300. The quantitative estimate of drug-likeness (QED) is 0.308. The number of hydrogen-bond donors (Lipinski definition) is 0. The van der Waals surface area contributed by atoms with Crippen LogP contribution in [0.4, 0.5) is 0 Å². The van der Waals surface area contributed by atoms with Crippen molar-refractivity contribution in [1.82, 2.24) is 0 Å². The third-order valence-electron chi connectivity index (χ3n) is 3.06. The third-order valence-corrected chi connectivity index (χ3v) is 7.19. The molecule has 0 aromatic carbocycles. The van der Waals surface area contributed by atoms with Crippen molar-refractivity contribution in [2.75, 3.05) is 0 Å². The van der Waals surface area contributed by atoms with Gasteiger partial charge in [0.05, 0.1) is 16.1 Å². The molecule has 0 heterocycles. The molecule has 28 heavy (non-hydrogen) atoms. The molecular weight excluding hydrogens is 472 g/mol. The molecule has 0 atom stereocenters. The molecule has 0 N–H and O–H groups in total. The minimum absolute atomic E-state index is 0. The zero-order chi connectivity index (χ0) is 21.8. The monoisotopic (exact) mass is 498 g/mol. The van der Waals surface area contributed by atoms with Gasteiger partial charge in [-0.05, 0) is 62.4 Å². The van der Waals surface area contributed by atoms with Crippen molar-refractivity contribution in [2.45, 2.75) is 39.3 Å². The van der Waals surface area contributed by atoms with Crippen LogP contribution in [-0.2, 0) is 52.7 Å². The summed E-state index contributed by atoms with van der Waals surface area (Å²) in [5.74, 6) is 0. The summed E-state index contributed by atoms with van der Waals surface area (Å²) in [6, 6.07) is 0. The van der Waals surface area contributed by atoms with E-state index in [-0.39, 0.29) is 34.1 Å². The fourth-order valence-corrected chi connectivity index (χ4v) is 4.13. The molecule has 0 bridgehead atoms. The van der Waals surface area contributed by atoms with E-state index in [1.165, 1.54) is 0 Å². The second-order valence-electron chi connectivity index (χ2n) is 6.85. The Morgan fingerprint density at radius 1 is 0.464 bits per heavy atom. The van der Waals surface area contributed by atoms with Crippen molar-refractivity contribution < 1.29 is 52.7 Å². The minimum Gasteiger partial charge on any atom is 0 e. The standard InChI is InChI=1S/2C8H13Si.4CO.2Fe/c2*1-9(2,3)8-6-4-5-7-8;4*1-2;;/h2*4-7H,1-3H3;;;;;;. The van der Waals surface area contributed by atoms with Crippen molar-refractivity contribution >= 4 is 16.1 Å². The van der Waals surface area contributed by atoms with E-state index in [4.69, 9.17) is 18.6 Å². The maximum atomic E-state index is 7.50. The summed E-state index contributed by atoms with van der Waals surface area (Å²) in [6.45, 7) is 32.2. The minimum atomic E-state index is -0.981. The van der Waals surface area contributed by atoms with Gasteiger partial charge in [0.2, 0.25) is 0 Å². The molecule has 0 aromatic heterocycles. The van der Waals surface area contributed by atoms with Crippen molar-refractivity contribution in [3.05, 3.63) is 89.1 Å². The zero-order valence-corrected chi connectivity index (χ0v) is 21.2. The van der Waals surface area contributed by atoms with E-state index in [1.54, 1.807) is 11.1 Å². The summed E-state index contributed by atoms with van der Waals surface area (Å²) in [5, 5.41) is 0. The normalized spacial score (nSPS) is 15.1. The average molecular weight is 498 g/mol. The van der Waals surface area contributed by atoms with Crippen LogP contribution in [0.15, 0.2) is 0 Å². The Morgan fingerprint density at radius 3 is 0.679 bits per heavy atom. The largest absolute Gasteiger partial charge is 0 e. The molecule has 2 aliphatic rings. The van der Waals surface area contributed by atoms with Gasteiger partial charge in [0.25, 0.3) is 0 Å². The second-order valence-corrected chi connectivity index (χ2v) is 17.0. The summed E-state index contributed by atoms with van der Waals surface area (Å²) >= 11 is 0. The van der Waals surface area contributed by atoms with Crippen molar-refractivity contribution in [3.8, 4) is 0 Å². The van der Waals surface area contributed by atoms with Crippen LogP contribution in [-0.4, -0.2) is 16.1 Å². The van der Waals surface area contributed by atoms with Gasteiger partial charge < -0.3 is 0 Å². The van der Waals surface area contributed by atoms with Gasteiger partial charge in [-0.1, -0.05) is 39.3 Å². The number of hydrogen-bond acceptors (Lipinski definition) is 0. The van der Waals surface area contributed by atoms with E-state index in [9.17, 15) is 0 Å². The van der Waals surface area contributed by atoms with E-state index in [0.29, 0.717) is 0 Å². The fourth-order valence-electron chi connectivity index (χ4n) is 1.75. The Morgan fingerprint density at radius 2 is 0.607 bits per heavy atom. The molecule has 0 aromatic rings. The number of rotatable bonds is 2. The Hall–Kier alpha value is 0.433. The van der Waals surface area contributed by atoms with Crippen molar-refractivity contribution in [1.29, 1.82) is 0 Å². The van der Waals surface area contributed by atoms with Crippen LogP contribution in [0.2, 0.25) is 39.3 Å². The predicted molar refractivity (Wildman–Crippen MR) is 103 cm³/mol. The molecule has 0 spiro atoms. The van der Waals surface area contributed by atoms with Crippen LogP contribution >= 0.6 is 0 Å². The zero-order valence-electron chi connectivity index (χ0n) is 17.0. The van der Waals surface area contributed by atoms with Gasteiger partial charge in [0.15, 0.2) is 0 Å². The molecule has 0 unspecified atom stereocenters. The first-order chi connectivity index (χ1) is 12.2. The molecular formula is C20H26Fe2O4Si2. The van der Waals surface area contributed by atoms with Gasteiger partial charge in [0, 0.05) is 34.1 Å². The van der Waals surface area contributed by atoms with Gasteiger partial charge in [-0.25, -0.2) is 0 Å². The van der Waals surface area contributed by atoms with E-state index in [0.717, 1.165) is 0 Å². The maximum Gasteiger partial charge on any atom is 0 e. The van der Waals surface area contributed by atoms with E-state index < -0.39 is 16.1 Å². The average Bonchev–Trinajstić information content (AvgIpc) is 3.35. The van der Waals surface area contributed by atoms with Gasteiger partial charge >= 0.3 is 45.2 Å². The Bertz CT molecular complexity index is 335. The van der Waals surface area contributed by atoms with E-state index in [1.807, 2.05) is 0 Å². The van der Waals surface area contributed by atoms with Crippen LogP contribution in [0.5, 0.6) is 0 Å². The Kier molecular flexibility index (Phi) is 41.7. The summed E-state index contributed by atoms with van der Waals surface area (Å²) in [5.41, 5.74) is 3.12. The van der Waals surface area contributed by atoms with E-state index >= 15 is 0 Å². The van der Waals surface area contributed by atoms with Crippen LogP contribution < -0.4 is 0 Å². The Labute approximate surface area is 196 Å². The summed E-state index contributed by atoms with van der Waals surface area (Å²) < 4.78 is 30.0. The van der Waals surface area contributed by atoms with E-state index in [2.05, 4.69) is 117 Å². The molecule has 2 saturated carbocycles. The van der Waals surface area contributed by atoms with Crippen LogP contribution in [0.25, 0.3) is 0 Å². The third kappa shape index (κ3) is 24.5. The van der Waals surface area contributed by atoms with Gasteiger partial charge in [-0.2, -0.15) is 0 Å². The first-order valence-electron chi connectivity index (χ1n) is 7.47. The second kappa shape index (κ2) is 27.4. The molecule has 2 fully saturated rings. The van der Waals surface area contributed by atoms with Crippen molar-refractivity contribution in [2.24, 2.45) is 0 Å². The van der Waals surface area contributed by atoms with Gasteiger partial charge in [0.1, 0.15) is 0 Å². The molecule has 10 radical (unpaired) electrons. The van der Waals surface area contributed by atoms with Gasteiger partial charge in [-0.15, -0.1) is 0 Å². The maximum absolute atomic E-state index is 7.50. The SMILES string of the molecule is C[Si](C)(C)[C]1[CH][CH][CH][CH]1.C[Si](C)(C)[C]1[CH][CH][CH][CH]1.[C-]#[O+].[C-]#[O+].[C-]#[O+].[C-]#[O+].[Fe].[Fe]. The molecule has 2 rings (SSSR count). The summed E-state index contributed by atoms with van der Waals surface area (Å²) in [7, 11) is -1.96. The van der Waals surface area contributed by atoms with Gasteiger partial charge in [-0.3, -0.25) is 0 Å². The van der Waals surface area contributed by atoms with Crippen LogP contribution in [0.3, 0.4) is 0 Å². The molecule has 154 valence electrons.